The van der Waals surface area contributed by atoms with Crippen LogP contribution < -0.4 is 15.0 Å². The van der Waals surface area contributed by atoms with Gasteiger partial charge in [-0.15, -0.1) is 0 Å². The smallest absolute Gasteiger partial charge is 0.328 e. The Hall–Kier alpha value is -3.10. The number of nitrogens with zero attached hydrogens (tertiary/aromatic N) is 4. The summed E-state index contributed by atoms with van der Waals surface area (Å²) in [6.45, 7) is 6.14. The minimum absolute atomic E-state index is 0.136. The van der Waals surface area contributed by atoms with Crippen molar-refractivity contribution >= 4 is 17.6 Å². The van der Waals surface area contributed by atoms with Crippen molar-refractivity contribution in [2.75, 3.05) is 32.1 Å². The molecule has 5 rings (SSSR count). The molecule has 0 bridgehead atoms. The number of rotatable bonds is 4. The van der Waals surface area contributed by atoms with Crippen LogP contribution in [0.1, 0.15) is 18.1 Å². The topological polar surface area (TPSA) is 68.4 Å². The molecule has 174 valence electrons. The van der Waals surface area contributed by atoms with Crippen LogP contribution in [-0.2, 0) is 11.3 Å². The Balaban J connectivity index is 1.44. The number of amides is 3. The van der Waals surface area contributed by atoms with Crippen LogP contribution in [-0.4, -0.2) is 72.4 Å². The minimum Gasteiger partial charge on any atom is -0.497 e. The van der Waals surface area contributed by atoms with Crippen LogP contribution in [0.25, 0.3) is 0 Å². The molecule has 3 amide bonds. The molecule has 33 heavy (non-hydrogen) atoms. The predicted octanol–water partition coefficient (Wildman–Crippen LogP) is 2.44. The van der Waals surface area contributed by atoms with E-state index in [4.69, 9.17) is 4.74 Å². The highest BCUT2D eigenvalue weighted by Crippen LogP contribution is 2.35. The van der Waals surface area contributed by atoms with E-state index in [1.165, 1.54) is 4.90 Å². The number of imide groups is 1. The fraction of sp³-hybridized carbons (Fsp3) is 0.440. The molecule has 3 fully saturated rings. The summed E-state index contributed by atoms with van der Waals surface area (Å²) >= 11 is 0. The summed E-state index contributed by atoms with van der Waals surface area (Å²) in [5, 5.41) is 3.57. The number of urea groups is 1. The zero-order valence-corrected chi connectivity index (χ0v) is 19.6. The molecular formula is C25H31N5O3. The van der Waals surface area contributed by atoms with Gasteiger partial charge in [-0.3, -0.25) is 19.9 Å². The van der Waals surface area contributed by atoms with Crippen LogP contribution in [0, 0.1) is 12.8 Å². The van der Waals surface area contributed by atoms with Gasteiger partial charge in [0, 0.05) is 25.8 Å². The van der Waals surface area contributed by atoms with E-state index in [2.05, 4.69) is 22.0 Å². The van der Waals surface area contributed by atoms with Gasteiger partial charge >= 0.3 is 6.03 Å². The van der Waals surface area contributed by atoms with Crippen molar-refractivity contribution in [3.05, 3.63) is 59.7 Å². The van der Waals surface area contributed by atoms with Gasteiger partial charge in [-0.05, 0) is 42.7 Å². The average Bonchev–Trinajstić information content (AvgIpc) is 3.19. The number of carbonyl (C=O) groups is 2. The normalized spacial score (nSPS) is 27.6. The molecule has 0 spiro atoms. The van der Waals surface area contributed by atoms with Crippen LogP contribution in [0.15, 0.2) is 48.5 Å². The van der Waals surface area contributed by atoms with E-state index in [0.29, 0.717) is 5.92 Å². The van der Waals surface area contributed by atoms with E-state index in [9.17, 15) is 9.59 Å². The maximum absolute atomic E-state index is 13.7. The van der Waals surface area contributed by atoms with E-state index >= 15 is 0 Å². The lowest BCUT2D eigenvalue weighted by Crippen LogP contribution is -2.66. The van der Waals surface area contributed by atoms with Crippen LogP contribution in [0.3, 0.4) is 0 Å². The van der Waals surface area contributed by atoms with E-state index in [1.54, 1.807) is 19.1 Å². The zero-order chi connectivity index (χ0) is 23.3. The van der Waals surface area contributed by atoms with Gasteiger partial charge in [0.2, 0.25) is 0 Å². The number of likely N-dealkylation sites (N-methyl/N-ethyl adjacent to an activating group) is 1. The molecule has 3 aliphatic heterocycles. The highest BCUT2D eigenvalue weighted by atomic mass is 16.5. The molecule has 4 unspecified atom stereocenters. The number of hydrogen-bond donors (Lipinski definition) is 1. The number of benzene rings is 2. The summed E-state index contributed by atoms with van der Waals surface area (Å²) in [7, 11) is 3.44. The fourth-order valence-electron chi connectivity index (χ4n) is 5.33. The third kappa shape index (κ3) is 3.73. The number of hydrogen-bond acceptors (Lipinski definition) is 6. The molecule has 0 saturated carbocycles. The lowest BCUT2D eigenvalue weighted by atomic mass is 10.0. The number of methoxy groups -OCH3 is 1. The lowest BCUT2D eigenvalue weighted by Gasteiger charge is -2.46. The second kappa shape index (κ2) is 8.35. The first kappa shape index (κ1) is 21.7. The highest BCUT2D eigenvalue weighted by Gasteiger charge is 2.56. The van der Waals surface area contributed by atoms with Crippen molar-refractivity contribution < 1.29 is 14.3 Å². The number of anilines is 1. The molecule has 0 radical (unpaired) electrons. The number of aryl methyl sites for hydroxylation is 1. The zero-order valence-electron chi connectivity index (χ0n) is 19.6. The Morgan fingerprint density at radius 2 is 1.85 bits per heavy atom. The molecule has 0 aliphatic carbocycles. The van der Waals surface area contributed by atoms with Gasteiger partial charge in [-0.2, -0.15) is 0 Å². The van der Waals surface area contributed by atoms with Crippen molar-refractivity contribution in [1.82, 2.24) is 20.0 Å². The third-order valence-corrected chi connectivity index (χ3v) is 6.91. The molecule has 4 atom stereocenters. The molecule has 0 aromatic heterocycles. The SMILES string of the molecule is COc1ccc(N2CC(C)CN3C4C(=O)N(Cc5cccc(C)c5)C(=O)N(C)C4NC23)cc1. The van der Waals surface area contributed by atoms with E-state index in [0.717, 1.165) is 35.7 Å². The molecule has 8 nitrogen and oxygen atoms in total. The Morgan fingerprint density at radius 3 is 2.55 bits per heavy atom. The summed E-state index contributed by atoms with van der Waals surface area (Å²) < 4.78 is 5.31. The van der Waals surface area contributed by atoms with Crippen molar-refractivity contribution in [2.45, 2.75) is 38.9 Å². The average molecular weight is 450 g/mol. The molecule has 2 aromatic carbocycles. The maximum atomic E-state index is 13.7. The second-order valence-electron chi connectivity index (χ2n) is 9.39. The first-order valence-corrected chi connectivity index (χ1v) is 11.4. The summed E-state index contributed by atoms with van der Waals surface area (Å²) in [4.78, 5) is 34.5. The maximum Gasteiger partial charge on any atom is 0.328 e. The predicted molar refractivity (Wildman–Crippen MR) is 126 cm³/mol. The van der Waals surface area contributed by atoms with E-state index in [1.807, 2.05) is 55.5 Å². The molecule has 3 saturated heterocycles. The Kier molecular flexibility index (Phi) is 5.50. The monoisotopic (exact) mass is 449 g/mol. The fourth-order valence-corrected chi connectivity index (χ4v) is 5.33. The third-order valence-electron chi connectivity index (χ3n) is 6.91. The molecular weight excluding hydrogens is 418 g/mol. The summed E-state index contributed by atoms with van der Waals surface area (Å²) in [6.07, 6.45) is -0.530. The van der Waals surface area contributed by atoms with Gasteiger partial charge in [-0.25, -0.2) is 4.79 Å². The van der Waals surface area contributed by atoms with Crippen LogP contribution in [0.2, 0.25) is 0 Å². The van der Waals surface area contributed by atoms with Crippen LogP contribution >= 0.6 is 0 Å². The summed E-state index contributed by atoms with van der Waals surface area (Å²) in [5.41, 5.74) is 3.12. The molecule has 3 aliphatic rings. The van der Waals surface area contributed by atoms with Crippen molar-refractivity contribution in [1.29, 1.82) is 0 Å². The quantitative estimate of drug-likeness (QED) is 0.774. The van der Waals surface area contributed by atoms with Gasteiger partial charge < -0.3 is 14.5 Å². The molecule has 1 N–H and O–H groups in total. The lowest BCUT2D eigenvalue weighted by molar-refractivity contribution is -0.139. The number of carbonyl (C=O) groups excluding carboxylic acids is 2. The standard InChI is InChI=1S/C25H31N5O3/c1-16-6-5-7-18(12-16)15-30-23(31)21-22(27(3)25(30)32)26-24-28(13-17(2)14-29(21)24)19-8-10-20(33-4)11-9-19/h5-12,17,21-22,24,26H,13-15H2,1-4H3. The molecule has 8 heteroatoms. The Morgan fingerprint density at radius 1 is 1.09 bits per heavy atom. The number of nitrogens with one attached hydrogen (secondary N) is 1. The van der Waals surface area contributed by atoms with E-state index in [-0.39, 0.29) is 30.9 Å². The minimum atomic E-state index is -0.425. The van der Waals surface area contributed by atoms with Gasteiger partial charge in [-0.1, -0.05) is 36.8 Å². The first-order chi connectivity index (χ1) is 15.9. The number of ether oxygens (including phenoxy) is 1. The summed E-state index contributed by atoms with van der Waals surface area (Å²) in [6, 6.07) is 15.3. The van der Waals surface area contributed by atoms with Gasteiger partial charge in [0.1, 0.15) is 24.2 Å². The van der Waals surface area contributed by atoms with Crippen molar-refractivity contribution in [3.8, 4) is 5.75 Å². The second-order valence-corrected chi connectivity index (χ2v) is 9.39. The highest BCUT2D eigenvalue weighted by molar-refractivity contribution is 6.00. The summed E-state index contributed by atoms with van der Waals surface area (Å²) in [5.74, 6) is 1.04. The van der Waals surface area contributed by atoms with Gasteiger partial charge in [0.15, 0.2) is 0 Å². The molecule has 3 heterocycles. The van der Waals surface area contributed by atoms with E-state index < -0.39 is 6.04 Å². The molecule has 2 aromatic rings. The Labute approximate surface area is 194 Å². The van der Waals surface area contributed by atoms with Crippen molar-refractivity contribution in [2.24, 2.45) is 5.92 Å². The van der Waals surface area contributed by atoms with Gasteiger partial charge in [0.05, 0.1) is 13.7 Å². The van der Waals surface area contributed by atoms with Gasteiger partial charge in [0.25, 0.3) is 5.91 Å². The Bertz CT molecular complexity index is 1060. The largest absolute Gasteiger partial charge is 0.497 e. The number of fused-ring (bicyclic) bond motifs is 3. The van der Waals surface area contributed by atoms with Crippen LogP contribution in [0.4, 0.5) is 10.5 Å². The first-order valence-electron chi connectivity index (χ1n) is 11.4. The van der Waals surface area contributed by atoms with Crippen LogP contribution in [0.5, 0.6) is 5.75 Å². The van der Waals surface area contributed by atoms with Crippen molar-refractivity contribution in [3.63, 3.8) is 0 Å².